The summed E-state index contributed by atoms with van der Waals surface area (Å²) >= 11 is 0. The summed E-state index contributed by atoms with van der Waals surface area (Å²) in [5.74, 6) is -3.57. The first-order chi connectivity index (χ1) is 20.9. The van der Waals surface area contributed by atoms with Gasteiger partial charge in [0.1, 0.15) is 11.5 Å². The maximum atomic E-state index is 14.1. The first-order valence-electron chi connectivity index (χ1n) is 15.4. The average molecular weight is 583 g/mol. The van der Waals surface area contributed by atoms with Crippen molar-refractivity contribution in [3.8, 4) is 11.5 Å². The molecule has 4 fully saturated rings. The largest absolute Gasteiger partial charge is 0.508 e. The van der Waals surface area contributed by atoms with Gasteiger partial charge in [0.15, 0.2) is 5.79 Å². The molecule has 43 heavy (non-hydrogen) atoms. The number of aliphatic hydroxyl groups is 1. The quantitative estimate of drug-likeness (QED) is 0.395. The van der Waals surface area contributed by atoms with Crippen LogP contribution in [0.25, 0.3) is 0 Å². The zero-order chi connectivity index (χ0) is 29.6. The minimum absolute atomic E-state index is 0.0843. The average Bonchev–Trinajstić information content (AvgIpc) is 3.50. The normalized spacial score (nSPS) is 31.2. The Balaban J connectivity index is 1.13. The molecular formula is C35H38N2O6. The maximum absolute atomic E-state index is 14.1. The Labute approximate surface area is 251 Å². The first-order valence-corrected chi connectivity index (χ1v) is 15.4. The van der Waals surface area contributed by atoms with Crippen LogP contribution in [0.4, 0.5) is 0 Å². The zero-order valence-electron chi connectivity index (χ0n) is 24.1. The number of ether oxygens (including phenoxy) is 2. The summed E-state index contributed by atoms with van der Waals surface area (Å²) < 4.78 is 12.5. The van der Waals surface area contributed by atoms with Gasteiger partial charge in [-0.05, 0) is 49.4 Å². The molecule has 0 bridgehead atoms. The van der Waals surface area contributed by atoms with Gasteiger partial charge in [0.25, 0.3) is 0 Å². The zero-order valence-corrected chi connectivity index (χ0v) is 24.1. The van der Waals surface area contributed by atoms with E-state index in [0.717, 1.165) is 32.5 Å². The van der Waals surface area contributed by atoms with Crippen LogP contribution in [0.5, 0.6) is 11.5 Å². The van der Waals surface area contributed by atoms with E-state index in [1.807, 2.05) is 54.6 Å². The van der Waals surface area contributed by atoms with E-state index in [-0.39, 0.29) is 30.2 Å². The van der Waals surface area contributed by atoms with Crippen LogP contribution in [-0.4, -0.2) is 63.4 Å². The van der Waals surface area contributed by atoms with E-state index in [2.05, 4.69) is 17.0 Å². The smallest absolute Gasteiger partial charge is 0.233 e. The molecular weight excluding hydrogens is 544 g/mol. The number of rotatable bonds is 7. The molecule has 4 aliphatic rings. The highest BCUT2D eigenvalue weighted by molar-refractivity contribution is 6.06. The third-order valence-corrected chi connectivity index (χ3v) is 10.0. The molecule has 3 aromatic rings. The van der Waals surface area contributed by atoms with Gasteiger partial charge < -0.3 is 19.7 Å². The van der Waals surface area contributed by atoms with E-state index in [9.17, 15) is 19.8 Å². The molecule has 6 atom stereocenters. The van der Waals surface area contributed by atoms with E-state index in [1.54, 1.807) is 18.2 Å². The van der Waals surface area contributed by atoms with Crippen molar-refractivity contribution in [2.24, 2.45) is 23.7 Å². The number of carbonyl (C=O) groups is 2. The summed E-state index contributed by atoms with van der Waals surface area (Å²) in [5.41, 5.74) is 1.83. The number of para-hydroxylation sites is 2. The molecule has 3 saturated heterocycles. The number of amides is 2. The number of hydrogen-bond acceptors (Lipinski definition) is 7. The van der Waals surface area contributed by atoms with Crippen molar-refractivity contribution in [3.05, 3.63) is 96.1 Å². The van der Waals surface area contributed by atoms with Crippen molar-refractivity contribution in [2.45, 2.75) is 50.2 Å². The van der Waals surface area contributed by atoms with Gasteiger partial charge in [-0.1, -0.05) is 66.7 Å². The molecule has 0 spiro atoms. The molecule has 8 heteroatoms. The number of fused-ring (bicyclic) bond motifs is 3. The van der Waals surface area contributed by atoms with Crippen LogP contribution >= 0.6 is 0 Å². The van der Waals surface area contributed by atoms with Crippen LogP contribution in [0, 0.1) is 23.7 Å². The monoisotopic (exact) mass is 582 g/mol. The molecule has 8 nitrogen and oxygen atoms in total. The number of likely N-dealkylation sites (tertiary alicyclic amines) is 2. The Kier molecular flexibility index (Phi) is 7.45. The van der Waals surface area contributed by atoms with Crippen LogP contribution in [0.2, 0.25) is 0 Å². The van der Waals surface area contributed by atoms with Crippen LogP contribution in [0.1, 0.15) is 42.9 Å². The van der Waals surface area contributed by atoms with Gasteiger partial charge in [-0.15, -0.1) is 0 Å². The number of aromatic hydroxyl groups is 1. The van der Waals surface area contributed by atoms with Gasteiger partial charge in [-0.2, -0.15) is 0 Å². The molecule has 2 amide bonds. The molecule has 3 heterocycles. The number of carbonyl (C=O) groups excluding carboxylic acids is 2. The van der Waals surface area contributed by atoms with Crippen LogP contribution < -0.4 is 4.74 Å². The van der Waals surface area contributed by atoms with Crippen molar-refractivity contribution in [2.75, 3.05) is 19.7 Å². The Bertz CT molecular complexity index is 1460. The third kappa shape index (κ3) is 5.11. The SMILES string of the molecule is O=C1[C@H]2[C@H](C[C@H](COc3ccccc3)[C@@]3(O)O[C@H](c4ccccc4O)C[C@@H]23)C(=O)N1C1CCN(Cc2ccccc2)CC1. The Morgan fingerprint density at radius 2 is 1.53 bits per heavy atom. The fourth-order valence-corrected chi connectivity index (χ4v) is 7.90. The Morgan fingerprint density at radius 1 is 0.860 bits per heavy atom. The van der Waals surface area contributed by atoms with E-state index >= 15 is 0 Å². The highest BCUT2D eigenvalue weighted by Gasteiger charge is 2.67. The maximum Gasteiger partial charge on any atom is 0.233 e. The van der Waals surface area contributed by atoms with Gasteiger partial charge in [-0.3, -0.25) is 19.4 Å². The van der Waals surface area contributed by atoms with Gasteiger partial charge in [0.05, 0.1) is 24.5 Å². The molecule has 1 saturated carbocycles. The number of nitrogens with zero attached hydrogens (tertiary/aromatic N) is 2. The molecule has 0 radical (unpaired) electrons. The summed E-state index contributed by atoms with van der Waals surface area (Å²) in [6.45, 7) is 2.62. The van der Waals surface area contributed by atoms with E-state index < -0.39 is 35.6 Å². The van der Waals surface area contributed by atoms with Gasteiger partial charge in [0.2, 0.25) is 11.8 Å². The summed E-state index contributed by atoms with van der Waals surface area (Å²) in [6, 6.07) is 26.5. The predicted octanol–water partition coefficient (Wildman–Crippen LogP) is 4.52. The molecule has 7 rings (SSSR count). The minimum Gasteiger partial charge on any atom is -0.508 e. The number of hydrogen-bond donors (Lipinski definition) is 2. The van der Waals surface area contributed by atoms with Crippen molar-refractivity contribution in [1.29, 1.82) is 0 Å². The van der Waals surface area contributed by atoms with Gasteiger partial charge in [0, 0.05) is 43.1 Å². The van der Waals surface area contributed by atoms with Crippen molar-refractivity contribution in [1.82, 2.24) is 9.80 Å². The summed E-state index contributed by atoms with van der Waals surface area (Å²) in [7, 11) is 0. The molecule has 3 aliphatic heterocycles. The molecule has 0 unspecified atom stereocenters. The Hall–Kier alpha value is -3.72. The highest BCUT2D eigenvalue weighted by atomic mass is 16.6. The fraction of sp³-hybridized carbons (Fsp3) is 0.429. The molecule has 2 N–H and O–H groups in total. The number of piperidine rings is 1. The van der Waals surface area contributed by atoms with E-state index in [1.165, 1.54) is 10.5 Å². The topological polar surface area (TPSA) is 99.5 Å². The summed E-state index contributed by atoms with van der Waals surface area (Å²) in [4.78, 5) is 32.1. The molecule has 0 aromatic heterocycles. The lowest BCUT2D eigenvalue weighted by molar-refractivity contribution is -0.272. The van der Waals surface area contributed by atoms with Gasteiger partial charge in [-0.25, -0.2) is 0 Å². The summed E-state index contributed by atoms with van der Waals surface area (Å²) in [5, 5.41) is 22.8. The molecule has 3 aromatic carbocycles. The van der Waals surface area contributed by atoms with Crippen LogP contribution in [0.15, 0.2) is 84.9 Å². The van der Waals surface area contributed by atoms with E-state index in [0.29, 0.717) is 24.2 Å². The van der Waals surface area contributed by atoms with Gasteiger partial charge >= 0.3 is 0 Å². The van der Waals surface area contributed by atoms with E-state index in [4.69, 9.17) is 9.47 Å². The van der Waals surface area contributed by atoms with Crippen molar-refractivity contribution >= 4 is 11.8 Å². The summed E-state index contributed by atoms with van der Waals surface area (Å²) in [6.07, 6.45) is 1.49. The predicted molar refractivity (Wildman–Crippen MR) is 159 cm³/mol. The second kappa shape index (κ2) is 11.4. The van der Waals surface area contributed by atoms with Crippen molar-refractivity contribution in [3.63, 3.8) is 0 Å². The van der Waals surface area contributed by atoms with Crippen LogP contribution in [-0.2, 0) is 20.9 Å². The van der Waals surface area contributed by atoms with Crippen molar-refractivity contribution < 1.29 is 29.3 Å². The molecule has 1 aliphatic carbocycles. The number of phenolic OH excluding ortho intramolecular Hbond substituents is 1. The second-order valence-electron chi connectivity index (χ2n) is 12.5. The number of imide groups is 1. The number of benzene rings is 3. The number of phenols is 1. The minimum atomic E-state index is -1.67. The highest BCUT2D eigenvalue weighted by Crippen LogP contribution is 2.59. The second-order valence-corrected chi connectivity index (χ2v) is 12.5. The first kappa shape index (κ1) is 28.1. The lowest BCUT2D eigenvalue weighted by Gasteiger charge is -2.44. The molecule has 224 valence electrons. The standard InChI is InChI=1S/C35H38N2O6/c38-30-14-8-7-13-27(30)31-20-29-32-28(19-24(35(29,41)43-31)22-42-26-11-5-2-6-12-26)33(39)37(34(32)40)25-15-17-36(18-16-25)21-23-9-3-1-4-10-23/h1-14,24-25,28-29,31-32,38,41H,15-22H2/t24-,28+,29+,31+,32+,35-/m1/s1. The Morgan fingerprint density at radius 3 is 2.26 bits per heavy atom. The lowest BCUT2D eigenvalue weighted by Crippen LogP contribution is -2.55. The lowest BCUT2D eigenvalue weighted by atomic mass is 9.64. The third-order valence-electron chi connectivity index (χ3n) is 10.0. The fourth-order valence-electron chi connectivity index (χ4n) is 7.90. The van der Waals surface area contributed by atoms with Crippen LogP contribution in [0.3, 0.4) is 0 Å².